The van der Waals surface area contributed by atoms with E-state index in [4.69, 9.17) is 4.74 Å². The van der Waals surface area contributed by atoms with E-state index >= 15 is 0 Å². The summed E-state index contributed by atoms with van der Waals surface area (Å²) in [6.07, 6.45) is 3.18. The molecule has 4 heteroatoms. The van der Waals surface area contributed by atoms with E-state index in [1.165, 1.54) is 11.1 Å². The summed E-state index contributed by atoms with van der Waals surface area (Å²) in [6, 6.07) is 16.1. The topological polar surface area (TPSA) is 41.6 Å². The largest absolute Gasteiger partial charge is 0.497 e. The van der Waals surface area contributed by atoms with Gasteiger partial charge in [-0.25, -0.2) is 0 Å². The second-order valence-electron chi connectivity index (χ2n) is 7.65. The molecule has 0 saturated carbocycles. The first-order chi connectivity index (χ1) is 12.6. The summed E-state index contributed by atoms with van der Waals surface area (Å²) in [4.78, 5) is 15.5. The van der Waals surface area contributed by atoms with E-state index in [1.807, 2.05) is 24.3 Å². The van der Waals surface area contributed by atoms with Crippen LogP contribution in [0.4, 0.5) is 5.69 Å². The van der Waals surface area contributed by atoms with Crippen LogP contribution in [0.2, 0.25) is 0 Å². The van der Waals surface area contributed by atoms with E-state index in [0.29, 0.717) is 0 Å². The molecule has 26 heavy (non-hydrogen) atoms. The molecule has 1 heterocycles. The third kappa shape index (κ3) is 2.99. The van der Waals surface area contributed by atoms with Crippen molar-refractivity contribution in [2.24, 2.45) is 0 Å². The van der Waals surface area contributed by atoms with Gasteiger partial charge in [0.2, 0.25) is 5.91 Å². The number of likely N-dealkylation sites (tertiary alicyclic amines) is 1. The fourth-order valence-electron chi connectivity index (χ4n) is 4.55. The maximum Gasteiger partial charge on any atom is 0.231 e. The molecule has 0 unspecified atom stereocenters. The Balaban J connectivity index is 1.57. The van der Waals surface area contributed by atoms with Crippen LogP contribution in [0.15, 0.2) is 48.5 Å². The summed E-state index contributed by atoms with van der Waals surface area (Å²) in [5, 5.41) is 3.10. The standard InChI is InChI=1S/C22H26N2O2/c1-24-13-11-22(12-14-24)15-19(18-5-3-4-6-20(18)22)21(25)23-16-7-9-17(26-2)10-8-16/h3-10,19H,11-15H2,1-2H3,(H,23,25)/t19-/m1/s1. The number of carbonyl (C=O) groups excluding carboxylic acids is 1. The highest BCUT2D eigenvalue weighted by atomic mass is 16.5. The number of ether oxygens (including phenoxy) is 1. The summed E-state index contributed by atoms with van der Waals surface area (Å²) in [5.41, 5.74) is 3.58. The Morgan fingerprint density at radius 3 is 2.50 bits per heavy atom. The molecular formula is C22H26N2O2. The quantitative estimate of drug-likeness (QED) is 0.916. The molecule has 1 N–H and O–H groups in total. The Bertz CT molecular complexity index is 792. The zero-order chi connectivity index (χ0) is 18.1. The van der Waals surface area contributed by atoms with Gasteiger partial charge in [-0.2, -0.15) is 0 Å². The normalized spacial score (nSPS) is 21.4. The Hall–Kier alpha value is -2.33. The predicted molar refractivity (Wildman–Crippen MR) is 104 cm³/mol. The average molecular weight is 350 g/mol. The van der Waals surface area contributed by atoms with Crippen LogP contribution in [0.1, 0.15) is 36.3 Å². The maximum absolute atomic E-state index is 13.1. The number of methoxy groups -OCH3 is 1. The van der Waals surface area contributed by atoms with Crippen molar-refractivity contribution in [1.82, 2.24) is 4.90 Å². The van der Waals surface area contributed by atoms with Gasteiger partial charge in [-0.15, -0.1) is 0 Å². The second kappa shape index (κ2) is 6.76. The lowest BCUT2D eigenvalue weighted by molar-refractivity contribution is -0.117. The van der Waals surface area contributed by atoms with E-state index in [1.54, 1.807) is 7.11 Å². The monoisotopic (exact) mass is 350 g/mol. The number of amides is 1. The minimum atomic E-state index is -0.0725. The molecule has 0 radical (unpaired) electrons. The Labute approximate surface area is 155 Å². The van der Waals surface area contributed by atoms with Crippen LogP contribution in [-0.2, 0) is 10.2 Å². The van der Waals surface area contributed by atoms with E-state index in [2.05, 4.69) is 41.5 Å². The Morgan fingerprint density at radius 1 is 1.12 bits per heavy atom. The molecule has 1 aliphatic heterocycles. The lowest BCUT2D eigenvalue weighted by Crippen LogP contribution is -2.39. The van der Waals surface area contributed by atoms with Crippen molar-refractivity contribution in [3.05, 3.63) is 59.7 Å². The summed E-state index contributed by atoms with van der Waals surface area (Å²) < 4.78 is 5.19. The molecule has 136 valence electrons. The number of anilines is 1. The summed E-state index contributed by atoms with van der Waals surface area (Å²) in [7, 11) is 3.83. The zero-order valence-electron chi connectivity index (χ0n) is 15.5. The van der Waals surface area contributed by atoms with E-state index in [-0.39, 0.29) is 17.2 Å². The van der Waals surface area contributed by atoms with Crippen LogP contribution in [0.3, 0.4) is 0 Å². The Kier molecular flexibility index (Phi) is 4.45. The van der Waals surface area contributed by atoms with Crippen molar-refractivity contribution in [2.75, 3.05) is 32.6 Å². The van der Waals surface area contributed by atoms with Gasteiger partial charge in [0.15, 0.2) is 0 Å². The molecule has 1 amide bonds. The molecule has 1 fully saturated rings. The molecular weight excluding hydrogens is 324 g/mol. The number of hydrogen-bond donors (Lipinski definition) is 1. The lowest BCUT2D eigenvalue weighted by Gasteiger charge is -2.39. The van der Waals surface area contributed by atoms with Gasteiger partial charge in [-0.05, 0) is 80.2 Å². The summed E-state index contributed by atoms with van der Waals surface area (Å²) in [5.74, 6) is 0.814. The predicted octanol–water partition coefficient (Wildman–Crippen LogP) is 3.78. The highest BCUT2D eigenvalue weighted by molar-refractivity contribution is 5.97. The molecule has 2 aromatic carbocycles. The number of carbonyl (C=O) groups is 1. The van der Waals surface area contributed by atoms with Crippen LogP contribution >= 0.6 is 0 Å². The van der Waals surface area contributed by atoms with Gasteiger partial charge in [0.05, 0.1) is 13.0 Å². The highest BCUT2D eigenvalue weighted by Crippen LogP contribution is 2.51. The molecule has 1 saturated heterocycles. The smallest absolute Gasteiger partial charge is 0.231 e. The minimum absolute atomic E-state index is 0.0725. The average Bonchev–Trinajstić information content (AvgIpc) is 3.00. The van der Waals surface area contributed by atoms with Crippen molar-refractivity contribution in [3.8, 4) is 5.75 Å². The van der Waals surface area contributed by atoms with Gasteiger partial charge in [0.25, 0.3) is 0 Å². The second-order valence-corrected chi connectivity index (χ2v) is 7.65. The molecule has 4 rings (SSSR count). The maximum atomic E-state index is 13.1. The van der Waals surface area contributed by atoms with Gasteiger partial charge in [-0.1, -0.05) is 24.3 Å². The third-order valence-electron chi connectivity index (χ3n) is 6.12. The molecule has 1 aliphatic carbocycles. The number of benzene rings is 2. The van der Waals surface area contributed by atoms with Gasteiger partial charge >= 0.3 is 0 Å². The van der Waals surface area contributed by atoms with E-state index in [9.17, 15) is 4.79 Å². The van der Waals surface area contributed by atoms with Crippen LogP contribution in [0.25, 0.3) is 0 Å². The first-order valence-corrected chi connectivity index (χ1v) is 9.34. The van der Waals surface area contributed by atoms with Gasteiger partial charge < -0.3 is 15.0 Å². The van der Waals surface area contributed by atoms with Crippen molar-refractivity contribution >= 4 is 11.6 Å². The van der Waals surface area contributed by atoms with E-state index in [0.717, 1.165) is 43.8 Å². The third-order valence-corrected chi connectivity index (χ3v) is 6.12. The van der Waals surface area contributed by atoms with Crippen molar-refractivity contribution in [2.45, 2.75) is 30.6 Å². The number of nitrogens with zero attached hydrogens (tertiary/aromatic N) is 1. The number of hydrogen-bond acceptors (Lipinski definition) is 3. The van der Waals surface area contributed by atoms with Crippen LogP contribution in [-0.4, -0.2) is 38.1 Å². The first kappa shape index (κ1) is 17.1. The molecule has 0 aromatic heterocycles. The number of fused-ring (bicyclic) bond motifs is 2. The van der Waals surface area contributed by atoms with Crippen LogP contribution in [0.5, 0.6) is 5.75 Å². The number of nitrogens with one attached hydrogen (secondary N) is 1. The van der Waals surface area contributed by atoms with Gasteiger partial charge in [0, 0.05) is 5.69 Å². The highest BCUT2D eigenvalue weighted by Gasteiger charge is 2.46. The molecule has 4 nitrogen and oxygen atoms in total. The Morgan fingerprint density at radius 2 is 1.81 bits per heavy atom. The SMILES string of the molecule is COc1ccc(NC(=O)[C@@H]2CC3(CCN(C)CC3)c3ccccc32)cc1. The minimum Gasteiger partial charge on any atom is -0.497 e. The molecule has 2 aromatic rings. The molecule has 1 atom stereocenters. The van der Waals surface area contributed by atoms with Crippen molar-refractivity contribution in [3.63, 3.8) is 0 Å². The summed E-state index contributed by atoms with van der Waals surface area (Å²) >= 11 is 0. The molecule has 0 bridgehead atoms. The fraction of sp³-hybridized carbons (Fsp3) is 0.409. The van der Waals surface area contributed by atoms with Gasteiger partial charge in [-0.3, -0.25) is 4.79 Å². The van der Waals surface area contributed by atoms with Gasteiger partial charge in [0.1, 0.15) is 5.75 Å². The number of rotatable bonds is 3. The fourth-order valence-corrected chi connectivity index (χ4v) is 4.55. The molecule has 1 spiro atoms. The van der Waals surface area contributed by atoms with Crippen LogP contribution in [0, 0.1) is 0 Å². The first-order valence-electron chi connectivity index (χ1n) is 9.34. The zero-order valence-corrected chi connectivity index (χ0v) is 15.5. The summed E-state index contributed by atoms with van der Waals surface area (Å²) in [6.45, 7) is 2.20. The van der Waals surface area contributed by atoms with E-state index < -0.39 is 0 Å². The van der Waals surface area contributed by atoms with Crippen molar-refractivity contribution in [1.29, 1.82) is 0 Å². The van der Waals surface area contributed by atoms with Crippen LogP contribution < -0.4 is 10.1 Å². The number of piperidine rings is 1. The van der Waals surface area contributed by atoms with Crippen molar-refractivity contribution < 1.29 is 9.53 Å². The molecule has 2 aliphatic rings. The lowest BCUT2D eigenvalue weighted by atomic mass is 9.73.